The third-order valence-electron chi connectivity index (χ3n) is 3.71. The van der Waals surface area contributed by atoms with E-state index in [0.717, 1.165) is 57.2 Å². The van der Waals surface area contributed by atoms with E-state index in [1.54, 1.807) is 4.57 Å². The van der Waals surface area contributed by atoms with Crippen LogP contribution in [0.2, 0.25) is 0 Å². The van der Waals surface area contributed by atoms with Gasteiger partial charge >= 0.3 is 0 Å². The van der Waals surface area contributed by atoms with E-state index >= 15 is 0 Å². The van der Waals surface area contributed by atoms with Crippen molar-refractivity contribution >= 4 is 11.0 Å². The summed E-state index contributed by atoms with van der Waals surface area (Å²) < 4.78 is 7.08. The molecule has 3 rings (SSSR count). The van der Waals surface area contributed by atoms with E-state index in [0.29, 0.717) is 5.52 Å². The Kier molecular flexibility index (Phi) is 3.84. The molecule has 0 bridgehead atoms. The number of rotatable bonds is 4. The van der Waals surface area contributed by atoms with Gasteiger partial charge in [0.25, 0.3) is 5.56 Å². The summed E-state index contributed by atoms with van der Waals surface area (Å²) in [4.78, 5) is 22.0. The van der Waals surface area contributed by atoms with Crippen LogP contribution in [0.4, 0.5) is 0 Å². The molecule has 6 nitrogen and oxygen atoms in total. The van der Waals surface area contributed by atoms with Gasteiger partial charge in [-0.25, -0.2) is 4.98 Å². The summed E-state index contributed by atoms with van der Waals surface area (Å²) >= 11 is 0. The Bertz CT molecular complexity index is 640. The first-order valence-corrected chi connectivity index (χ1v) is 7.10. The molecule has 0 atom stereocenters. The van der Waals surface area contributed by atoms with E-state index in [4.69, 9.17) is 4.74 Å². The number of aromatic nitrogens is 3. The van der Waals surface area contributed by atoms with Crippen LogP contribution < -0.4 is 5.56 Å². The highest BCUT2D eigenvalue weighted by molar-refractivity contribution is 5.73. The average molecular weight is 276 g/mol. The lowest BCUT2D eigenvalue weighted by molar-refractivity contribution is 0.0369. The van der Waals surface area contributed by atoms with Crippen LogP contribution in [0.3, 0.4) is 0 Å². The zero-order valence-corrected chi connectivity index (χ0v) is 11.8. The summed E-state index contributed by atoms with van der Waals surface area (Å²) in [6.45, 7) is 7.23. The van der Waals surface area contributed by atoms with Crippen LogP contribution in [0.15, 0.2) is 17.1 Å². The highest BCUT2D eigenvalue weighted by Gasteiger charge is 2.10. The van der Waals surface area contributed by atoms with Gasteiger partial charge in [-0.05, 0) is 19.4 Å². The second-order valence-corrected chi connectivity index (χ2v) is 5.21. The first-order valence-electron chi connectivity index (χ1n) is 7.10. The molecule has 1 aliphatic heterocycles. The minimum Gasteiger partial charge on any atom is -0.379 e. The summed E-state index contributed by atoms with van der Waals surface area (Å²) in [6, 6.07) is 1.92. The predicted octanol–water partition coefficient (Wildman–Crippen LogP) is 0.755. The number of hydrogen-bond donors (Lipinski definition) is 1. The van der Waals surface area contributed by atoms with Crippen molar-refractivity contribution in [2.45, 2.75) is 19.9 Å². The third-order valence-corrected chi connectivity index (χ3v) is 3.71. The number of nitrogens with one attached hydrogen (secondary N) is 1. The van der Waals surface area contributed by atoms with Gasteiger partial charge in [-0.1, -0.05) is 0 Å². The second-order valence-electron chi connectivity index (χ2n) is 5.21. The third kappa shape index (κ3) is 2.76. The van der Waals surface area contributed by atoms with Crippen molar-refractivity contribution in [2.24, 2.45) is 0 Å². The topological polar surface area (TPSA) is 63.1 Å². The molecule has 0 aliphatic carbocycles. The molecule has 6 heteroatoms. The Labute approximate surface area is 117 Å². The van der Waals surface area contributed by atoms with Gasteiger partial charge in [0, 0.05) is 32.4 Å². The number of hydrogen-bond acceptors (Lipinski definition) is 4. The van der Waals surface area contributed by atoms with Gasteiger partial charge < -0.3 is 14.3 Å². The molecule has 1 fully saturated rings. The van der Waals surface area contributed by atoms with Crippen LogP contribution in [0.25, 0.3) is 11.0 Å². The maximum absolute atomic E-state index is 12.3. The van der Waals surface area contributed by atoms with Crippen LogP contribution >= 0.6 is 0 Å². The first-order chi connectivity index (χ1) is 9.74. The van der Waals surface area contributed by atoms with Gasteiger partial charge in [-0.2, -0.15) is 0 Å². The highest BCUT2D eigenvalue weighted by Crippen LogP contribution is 2.06. The van der Waals surface area contributed by atoms with Crippen molar-refractivity contribution in [1.82, 2.24) is 19.4 Å². The van der Waals surface area contributed by atoms with Gasteiger partial charge in [-0.3, -0.25) is 9.69 Å². The molecule has 0 unspecified atom stereocenters. The largest absolute Gasteiger partial charge is 0.379 e. The Morgan fingerprint density at radius 3 is 2.95 bits per heavy atom. The molecule has 1 aliphatic rings. The molecule has 2 aromatic heterocycles. The van der Waals surface area contributed by atoms with Crippen molar-refractivity contribution in [3.05, 3.63) is 28.4 Å². The van der Waals surface area contributed by atoms with E-state index < -0.39 is 0 Å². The van der Waals surface area contributed by atoms with E-state index in [-0.39, 0.29) is 5.56 Å². The lowest BCUT2D eigenvalue weighted by atomic mass is 10.3. The Balaban J connectivity index is 1.65. The molecule has 1 saturated heterocycles. The van der Waals surface area contributed by atoms with Gasteiger partial charge in [0.1, 0.15) is 5.82 Å². The summed E-state index contributed by atoms with van der Waals surface area (Å²) in [7, 11) is 0. The van der Waals surface area contributed by atoms with Crippen molar-refractivity contribution in [2.75, 3.05) is 32.8 Å². The van der Waals surface area contributed by atoms with Crippen molar-refractivity contribution in [1.29, 1.82) is 0 Å². The quantitative estimate of drug-likeness (QED) is 0.895. The number of nitrogens with zero attached hydrogens (tertiary/aromatic N) is 3. The van der Waals surface area contributed by atoms with E-state index in [1.165, 1.54) is 0 Å². The SMILES string of the molecule is Cc1nc2c(=O)n(CCCN3CCOCC3)ccc2[nH]1. The van der Waals surface area contributed by atoms with Crippen molar-refractivity contribution < 1.29 is 4.74 Å². The molecule has 0 aromatic carbocycles. The highest BCUT2D eigenvalue weighted by atomic mass is 16.5. The Morgan fingerprint density at radius 1 is 1.35 bits per heavy atom. The number of H-pyrrole nitrogens is 1. The molecular weight excluding hydrogens is 256 g/mol. The fraction of sp³-hybridized carbons (Fsp3) is 0.571. The summed E-state index contributed by atoms with van der Waals surface area (Å²) in [5.41, 5.74) is 1.35. The van der Waals surface area contributed by atoms with E-state index in [1.807, 2.05) is 19.2 Å². The number of aromatic amines is 1. The van der Waals surface area contributed by atoms with E-state index in [2.05, 4.69) is 14.9 Å². The first kappa shape index (κ1) is 13.3. The molecule has 0 radical (unpaired) electrons. The fourth-order valence-electron chi connectivity index (χ4n) is 2.63. The average Bonchev–Trinajstić information content (AvgIpc) is 2.84. The van der Waals surface area contributed by atoms with Crippen molar-refractivity contribution in [3.63, 3.8) is 0 Å². The lowest BCUT2D eigenvalue weighted by Crippen LogP contribution is -2.37. The Morgan fingerprint density at radius 2 is 2.15 bits per heavy atom. The maximum atomic E-state index is 12.3. The molecule has 2 aromatic rings. The normalized spacial score (nSPS) is 16.9. The van der Waals surface area contributed by atoms with Gasteiger partial charge in [0.2, 0.25) is 0 Å². The monoisotopic (exact) mass is 276 g/mol. The molecule has 0 amide bonds. The zero-order chi connectivity index (χ0) is 13.9. The van der Waals surface area contributed by atoms with Crippen LogP contribution in [-0.4, -0.2) is 52.3 Å². The Hall–Kier alpha value is -1.66. The minimum absolute atomic E-state index is 0.00572. The maximum Gasteiger partial charge on any atom is 0.278 e. The molecular formula is C14H20N4O2. The summed E-state index contributed by atoms with van der Waals surface area (Å²) in [6.07, 6.45) is 2.82. The predicted molar refractivity (Wildman–Crippen MR) is 77.0 cm³/mol. The lowest BCUT2D eigenvalue weighted by Gasteiger charge is -2.26. The van der Waals surface area contributed by atoms with Crippen LogP contribution in [-0.2, 0) is 11.3 Å². The number of fused-ring (bicyclic) bond motifs is 1. The molecule has 0 spiro atoms. The number of morpholine rings is 1. The van der Waals surface area contributed by atoms with Crippen LogP contribution in [0, 0.1) is 6.92 Å². The van der Waals surface area contributed by atoms with Crippen molar-refractivity contribution in [3.8, 4) is 0 Å². The van der Waals surface area contributed by atoms with Gasteiger partial charge in [-0.15, -0.1) is 0 Å². The smallest absolute Gasteiger partial charge is 0.278 e. The minimum atomic E-state index is -0.00572. The molecule has 0 saturated carbocycles. The van der Waals surface area contributed by atoms with Crippen LogP contribution in [0.1, 0.15) is 12.2 Å². The molecule has 108 valence electrons. The number of ether oxygens (including phenoxy) is 1. The van der Waals surface area contributed by atoms with Gasteiger partial charge in [0.05, 0.1) is 18.7 Å². The fourth-order valence-corrected chi connectivity index (χ4v) is 2.63. The standard InChI is InChI=1S/C14H20N4O2/c1-11-15-12-3-6-18(14(19)13(12)16-11)5-2-4-17-7-9-20-10-8-17/h3,6H,2,4-5,7-10H2,1H3,(H,15,16). The molecule has 20 heavy (non-hydrogen) atoms. The number of imidazole rings is 1. The number of pyridine rings is 1. The number of aryl methyl sites for hydroxylation is 2. The summed E-state index contributed by atoms with van der Waals surface area (Å²) in [5.74, 6) is 0.781. The zero-order valence-electron chi connectivity index (χ0n) is 11.8. The van der Waals surface area contributed by atoms with Crippen LogP contribution in [0.5, 0.6) is 0 Å². The van der Waals surface area contributed by atoms with E-state index in [9.17, 15) is 4.79 Å². The molecule has 3 heterocycles. The second kappa shape index (κ2) is 5.76. The molecule has 1 N–H and O–H groups in total. The van der Waals surface area contributed by atoms with Gasteiger partial charge in [0.15, 0.2) is 5.52 Å². The summed E-state index contributed by atoms with van der Waals surface area (Å²) in [5, 5.41) is 0.